The number of hydrogen-bond acceptors (Lipinski definition) is 8. The molecule has 8 heteroatoms. The zero-order valence-electron chi connectivity index (χ0n) is 5.99. The van der Waals surface area contributed by atoms with Crippen LogP contribution in [-0.2, 0) is 34.5 Å². The Morgan fingerprint density at radius 3 is 1.58 bits per heavy atom. The maximum absolute atomic E-state index is 9.04. The van der Waals surface area contributed by atoms with E-state index in [9.17, 15) is 0 Å². The van der Waals surface area contributed by atoms with Crippen molar-refractivity contribution in [2.24, 2.45) is 9.05 Å². The molecule has 0 aromatic heterocycles. The predicted octanol–water partition coefficient (Wildman–Crippen LogP) is -0.968. The molecule has 0 saturated heterocycles. The second-order valence-corrected chi connectivity index (χ2v) is 2.17. The molecule has 0 aliphatic carbocycles. The van der Waals surface area contributed by atoms with Gasteiger partial charge in [0.15, 0.2) is 0 Å². The topological polar surface area (TPSA) is 83.6 Å². The van der Waals surface area contributed by atoms with Gasteiger partial charge in [0, 0.05) is 0 Å². The standard InChI is InChI=1S/C4H8N2O4S2/c7-3(1-9-5-11)4(8)2-10-6-12/h3-4,7-8H,1-2H2/t3-,4-/m1/s1. The molecule has 0 radical (unpaired) electrons. The molecule has 0 aromatic rings. The van der Waals surface area contributed by atoms with Gasteiger partial charge in [0.2, 0.25) is 0 Å². The van der Waals surface area contributed by atoms with E-state index in [4.69, 9.17) is 10.2 Å². The van der Waals surface area contributed by atoms with Gasteiger partial charge in [-0.05, 0) is 9.05 Å². The molecule has 12 heavy (non-hydrogen) atoms. The third-order valence-corrected chi connectivity index (χ3v) is 1.25. The summed E-state index contributed by atoms with van der Waals surface area (Å²) in [6.07, 6.45) is -2.23. The molecular formula is C4H8N2O4S2. The molecule has 0 unspecified atom stereocenters. The van der Waals surface area contributed by atoms with Gasteiger partial charge in [-0.1, -0.05) is 0 Å². The van der Waals surface area contributed by atoms with Crippen LogP contribution in [0.4, 0.5) is 0 Å². The first-order valence-electron chi connectivity index (χ1n) is 2.97. The van der Waals surface area contributed by atoms with Crippen LogP contribution in [0.1, 0.15) is 0 Å². The van der Waals surface area contributed by atoms with Gasteiger partial charge in [-0.15, -0.1) is 0 Å². The minimum Gasteiger partial charge on any atom is -0.387 e. The van der Waals surface area contributed by atoms with E-state index in [0.29, 0.717) is 0 Å². The zero-order valence-corrected chi connectivity index (χ0v) is 7.62. The van der Waals surface area contributed by atoms with Crippen LogP contribution in [0.2, 0.25) is 0 Å². The summed E-state index contributed by atoms with van der Waals surface area (Å²) in [4.78, 5) is 8.63. The van der Waals surface area contributed by atoms with Gasteiger partial charge < -0.3 is 19.9 Å². The van der Waals surface area contributed by atoms with E-state index in [-0.39, 0.29) is 13.2 Å². The fraction of sp³-hybridized carbons (Fsp3) is 1.00. The Kier molecular flexibility index (Phi) is 6.96. The number of rotatable bonds is 7. The molecule has 0 aromatic carbocycles. The Morgan fingerprint density at radius 2 is 1.33 bits per heavy atom. The molecule has 6 nitrogen and oxygen atoms in total. The van der Waals surface area contributed by atoms with Crippen LogP contribution in [0.5, 0.6) is 0 Å². The molecule has 0 saturated carbocycles. The molecule has 0 amide bonds. The van der Waals surface area contributed by atoms with Gasteiger partial charge >= 0.3 is 0 Å². The molecule has 0 spiro atoms. The van der Waals surface area contributed by atoms with Crippen LogP contribution in [0.3, 0.4) is 0 Å². The molecule has 2 N–H and O–H groups in total. The van der Waals surface area contributed by atoms with Crippen LogP contribution in [0, 0.1) is 0 Å². The van der Waals surface area contributed by atoms with Crippen molar-refractivity contribution in [3.8, 4) is 0 Å². The molecule has 0 heterocycles. The molecule has 0 rings (SSSR count). The number of nitrogens with zero attached hydrogens (tertiary/aromatic N) is 2. The smallest absolute Gasteiger partial charge is 0.146 e. The summed E-state index contributed by atoms with van der Waals surface area (Å²) in [6.45, 7) is -0.378. The lowest BCUT2D eigenvalue weighted by molar-refractivity contribution is -0.0677. The van der Waals surface area contributed by atoms with E-state index >= 15 is 0 Å². The van der Waals surface area contributed by atoms with Crippen molar-refractivity contribution >= 4 is 24.9 Å². The lowest BCUT2D eigenvalue weighted by Crippen LogP contribution is -2.33. The van der Waals surface area contributed by atoms with Crippen molar-refractivity contribution in [1.82, 2.24) is 0 Å². The normalized spacial score (nSPS) is 14.5. The average molecular weight is 212 g/mol. The Balaban J connectivity index is 3.52. The van der Waals surface area contributed by atoms with E-state index in [1.54, 1.807) is 0 Å². The first kappa shape index (κ1) is 11.6. The maximum Gasteiger partial charge on any atom is 0.146 e. The van der Waals surface area contributed by atoms with E-state index in [0.717, 1.165) is 0 Å². The molecule has 0 aliphatic heterocycles. The van der Waals surface area contributed by atoms with Gasteiger partial charge in [-0.2, -0.15) is 0 Å². The number of aliphatic hydroxyl groups excluding tert-OH is 2. The quantitative estimate of drug-likeness (QED) is 0.528. The fourth-order valence-corrected chi connectivity index (χ4v) is 0.557. The Morgan fingerprint density at radius 1 is 1.00 bits per heavy atom. The summed E-state index contributed by atoms with van der Waals surface area (Å²) in [5, 5.41) is 18.1. The third-order valence-electron chi connectivity index (χ3n) is 1.04. The summed E-state index contributed by atoms with van der Waals surface area (Å²) in [5.41, 5.74) is 0. The van der Waals surface area contributed by atoms with Gasteiger partial charge in [0.05, 0.1) is 24.9 Å². The van der Waals surface area contributed by atoms with Gasteiger partial charge in [0.25, 0.3) is 0 Å². The van der Waals surface area contributed by atoms with Crippen molar-refractivity contribution in [2.75, 3.05) is 13.2 Å². The molecule has 0 fully saturated rings. The monoisotopic (exact) mass is 212 g/mol. The highest BCUT2D eigenvalue weighted by Crippen LogP contribution is 1.96. The Bertz CT molecular complexity index is 131. The second kappa shape index (κ2) is 7.22. The Labute approximate surface area is 79.7 Å². The van der Waals surface area contributed by atoms with E-state index in [1.807, 2.05) is 0 Å². The fourth-order valence-electron chi connectivity index (χ4n) is 0.436. The lowest BCUT2D eigenvalue weighted by Gasteiger charge is -2.13. The van der Waals surface area contributed by atoms with Crippen LogP contribution < -0.4 is 0 Å². The van der Waals surface area contributed by atoms with Crippen molar-refractivity contribution in [2.45, 2.75) is 12.2 Å². The van der Waals surface area contributed by atoms with E-state index in [2.05, 4.69) is 43.6 Å². The minimum absolute atomic E-state index is 0.189. The summed E-state index contributed by atoms with van der Waals surface area (Å²) in [6, 6.07) is 0. The second-order valence-electron chi connectivity index (χ2n) is 1.88. The highest BCUT2D eigenvalue weighted by atomic mass is 32.1. The molecule has 2 atom stereocenters. The Hall–Kier alpha value is -0.440. The van der Waals surface area contributed by atoms with Crippen LogP contribution in [0.15, 0.2) is 9.05 Å². The van der Waals surface area contributed by atoms with Crippen LogP contribution >= 0.6 is 0 Å². The van der Waals surface area contributed by atoms with Gasteiger partial charge in [-0.3, -0.25) is 0 Å². The summed E-state index contributed by atoms with van der Waals surface area (Å²) in [7, 11) is 0. The zero-order chi connectivity index (χ0) is 9.40. The van der Waals surface area contributed by atoms with Crippen LogP contribution in [0.25, 0.3) is 0 Å². The van der Waals surface area contributed by atoms with Crippen molar-refractivity contribution in [3.63, 3.8) is 0 Å². The summed E-state index contributed by atoms with van der Waals surface area (Å²) >= 11 is 8.18. The van der Waals surface area contributed by atoms with Crippen molar-refractivity contribution in [1.29, 1.82) is 0 Å². The van der Waals surface area contributed by atoms with Gasteiger partial charge in [0.1, 0.15) is 25.4 Å². The minimum atomic E-state index is -1.12. The maximum atomic E-state index is 9.04. The third kappa shape index (κ3) is 5.24. The number of aliphatic hydroxyl groups is 2. The van der Waals surface area contributed by atoms with Crippen molar-refractivity contribution < 1.29 is 19.9 Å². The highest BCUT2D eigenvalue weighted by Gasteiger charge is 2.17. The van der Waals surface area contributed by atoms with Crippen LogP contribution in [-0.4, -0.2) is 35.6 Å². The predicted molar refractivity (Wildman–Crippen MR) is 43.5 cm³/mol. The first-order chi connectivity index (χ1) is 5.72. The lowest BCUT2D eigenvalue weighted by atomic mass is 10.2. The van der Waals surface area contributed by atoms with Gasteiger partial charge in [-0.25, -0.2) is 0 Å². The summed E-state index contributed by atoms with van der Waals surface area (Å²) < 4.78 is 5.73. The van der Waals surface area contributed by atoms with E-state index < -0.39 is 12.2 Å². The molecular weight excluding hydrogens is 204 g/mol. The molecule has 0 aliphatic rings. The first-order valence-corrected chi connectivity index (χ1v) is 3.70. The molecule has 70 valence electrons. The number of hydrogen-bond donors (Lipinski definition) is 2. The molecule has 0 bridgehead atoms. The average Bonchev–Trinajstić information content (AvgIpc) is 2.10. The van der Waals surface area contributed by atoms with Crippen molar-refractivity contribution in [3.05, 3.63) is 0 Å². The highest BCUT2D eigenvalue weighted by molar-refractivity contribution is 7.47. The largest absolute Gasteiger partial charge is 0.387 e. The SMILES string of the molecule is O[C@H](CON=S)[C@H](O)CON=S. The van der Waals surface area contributed by atoms with E-state index in [1.165, 1.54) is 0 Å². The summed E-state index contributed by atoms with van der Waals surface area (Å²) in [5.74, 6) is 0.